The van der Waals surface area contributed by atoms with Crippen LogP contribution in [-0.4, -0.2) is 8.42 Å². The first-order chi connectivity index (χ1) is 6.47. The molecule has 1 aromatic rings. The molecule has 0 fully saturated rings. The van der Waals surface area contributed by atoms with Crippen molar-refractivity contribution in [2.45, 2.75) is 4.90 Å². The van der Waals surface area contributed by atoms with E-state index in [0.29, 0.717) is 12.1 Å². The molecule has 0 aliphatic rings. The summed E-state index contributed by atoms with van der Waals surface area (Å²) in [6.45, 7) is 0. The van der Waals surface area contributed by atoms with Crippen molar-refractivity contribution >= 4 is 10.0 Å². The van der Waals surface area contributed by atoms with E-state index in [0.717, 1.165) is 6.07 Å². The Labute approximate surface area is 77.7 Å². The van der Waals surface area contributed by atoms with Gasteiger partial charge in [-0.25, -0.2) is 17.2 Å². The first-order valence-corrected chi connectivity index (χ1v) is 4.68. The molecule has 0 saturated heterocycles. The van der Waals surface area contributed by atoms with Gasteiger partial charge >= 0.3 is 0 Å². The zero-order chi connectivity index (χ0) is 10.8. The highest BCUT2D eigenvalue weighted by atomic mass is 32.2. The van der Waals surface area contributed by atoms with Gasteiger partial charge in [-0.3, -0.25) is 0 Å². The van der Waals surface area contributed by atoms with Crippen molar-refractivity contribution in [1.82, 2.24) is 0 Å². The predicted octanol–water partition coefficient (Wildman–Crippen LogP) is 1.96. The number of sulfonamides is 1. The Morgan fingerprint density at radius 3 is 2.50 bits per heavy atom. The van der Waals surface area contributed by atoms with E-state index in [1.807, 2.05) is 4.91 Å². The average molecular weight is 219 g/mol. The maximum absolute atomic E-state index is 12.9. The van der Waals surface area contributed by atoms with Gasteiger partial charge in [0.05, 0.1) is 0 Å². The molecule has 0 amide bonds. The van der Waals surface area contributed by atoms with Crippen molar-refractivity contribution in [3.8, 4) is 0 Å². The third-order valence-electron chi connectivity index (χ3n) is 1.32. The van der Waals surface area contributed by atoms with Crippen molar-refractivity contribution in [2.24, 2.45) is 4.52 Å². The summed E-state index contributed by atoms with van der Waals surface area (Å²) in [4.78, 5) is 1.17. The molecule has 74 valence electrons. The van der Waals surface area contributed by atoms with Gasteiger partial charge in [0.2, 0.25) is 0 Å². The highest BCUT2D eigenvalue weighted by Gasteiger charge is 2.17. The number of nitrogens with zero attached hydrogens (tertiary/aromatic N) is 3. The lowest BCUT2D eigenvalue weighted by Gasteiger charge is -1.98. The fourth-order valence-corrected chi connectivity index (χ4v) is 1.51. The lowest BCUT2D eigenvalue weighted by molar-refractivity contribution is 0.549. The molecule has 0 spiro atoms. The standard InChI is InChI=1S/C6H3F2N3O2S/c7-4-1-2-6(5(8)3-4)14(12,13)11-10-9/h1-3H. The monoisotopic (exact) mass is 219 g/mol. The molecule has 0 bridgehead atoms. The largest absolute Gasteiger partial charge is 0.267 e. The van der Waals surface area contributed by atoms with Crippen LogP contribution in [0.2, 0.25) is 0 Å². The highest BCUT2D eigenvalue weighted by Crippen LogP contribution is 2.17. The molecule has 8 heteroatoms. The van der Waals surface area contributed by atoms with E-state index in [2.05, 4.69) is 4.52 Å². The van der Waals surface area contributed by atoms with Gasteiger partial charge in [-0.05, 0) is 17.7 Å². The molecule has 1 rings (SSSR count). The Morgan fingerprint density at radius 1 is 1.36 bits per heavy atom. The topological polar surface area (TPSA) is 82.9 Å². The number of halogens is 2. The average Bonchev–Trinajstić information content (AvgIpc) is 2.02. The van der Waals surface area contributed by atoms with Crippen molar-refractivity contribution < 1.29 is 17.2 Å². The third-order valence-corrected chi connectivity index (χ3v) is 2.49. The number of hydrogen-bond acceptors (Lipinski definition) is 2. The highest BCUT2D eigenvalue weighted by molar-refractivity contribution is 7.90. The summed E-state index contributed by atoms with van der Waals surface area (Å²) in [5.74, 6) is -2.21. The van der Waals surface area contributed by atoms with Crippen molar-refractivity contribution in [2.75, 3.05) is 0 Å². The van der Waals surface area contributed by atoms with Gasteiger partial charge < -0.3 is 0 Å². The first kappa shape index (κ1) is 10.4. The van der Waals surface area contributed by atoms with E-state index in [-0.39, 0.29) is 0 Å². The van der Waals surface area contributed by atoms with Crippen LogP contribution in [0.4, 0.5) is 8.78 Å². The molecule has 1 aromatic carbocycles. The smallest absolute Gasteiger partial charge is 0.216 e. The third kappa shape index (κ3) is 1.98. The lowest BCUT2D eigenvalue weighted by Crippen LogP contribution is -1.99. The van der Waals surface area contributed by atoms with E-state index in [1.54, 1.807) is 0 Å². The van der Waals surface area contributed by atoms with Gasteiger partial charge in [-0.15, -0.1) is 0 Å². The molecule has 0 heterocycles. The molecule has 0 aliphatic heterocycles. The first-order valence-electron chi connectivity index (χ1n) is 3.24. The second-order valence-corrected chi connectivity index (χ2v) is 3.77. The predicted molar refractivity (Wildman–Crippen MR) is 42.7 cm³/mol. The minimum Gasteiger partial charge on any atom is -0.216 e. The fourth-order valence-electron chi connectivity index (χ4n) is 0.776. The molecular formula is C6H3F2N3O2S. The molecule has 0 atom stereocenters. The Hall–Kier alpha value is -1.66. The lowest BCUT2D eigenvalue weighted by atomic mass is 10.3. The quantitative estimate of drug-likeness (QED) is 0.432. The summed E-state index contributed by atoms with van der Waals surface area (Å²) in [6.07, 6.45) is 0. The maximum Gasteiger partial charge on any atom is 0.267 e. The summed E-state index contributed by atoms with van der Waals surface area (Å²) in [5, 5.41) is 0. The van der Waals surface area contributed by atoms with Crippen LogP contribution in [0.25, 0.3) is 10.4 Å². The zero-order valence-electron chi connectivity index (χ0n) is 6.55. The van der Waals surface area contributed by atoms with Crippen LogP contribution in [0.15, 0.2) is 27.6 Å². The number of azide groups is 1. The van der Waals surface area contributed by atoms with Gasteiger partial charge in [0.25, 0.3) is 10.0 Å². The molecule has 0 N–H and O–H groups in total. The SMILES string of the molecule is [N-]=[N+]=NS(=O)(=O)c1ccc(F)cc1F. The van der Waals surface area contributed by atoms with Gasteiger partial charge in [0.15, 0.2) is 0 Å². The molecule has 0 aliphatic carbocycles. The summed E-state index contributed by atoms with van der Waals surface area (Å²) in [5.41, 5.74) is 7.89. The van der Waals surface area contributed by atoms with E-state index in [9.17, 15) is 17.2 Å². The van der Waals surface area contributed by atoms with Crippen molar-refractivity contribution in [3.05, 3.63) is 40.3 Å². The maximum atomic E-state index is 12.9. The number of rotatable bonds is 2. The summed E-state index contributed by atoms with van der Waals surface area (Å²) in [6, 6.07) is 1.83. The van der Waals surface area contributed by atoms with Gasteiger partial charge in [-0.2, -0.15) is 0 Å². The molecule has 0 aromatic heterocycles. The van der Waals surface area contributed by atoms with E-state index >= 15 is 0 Å². The van der Waals surface area contributed by atoms with Crippen molar-refractivity contribution in [3.63, 3.8) is 0 Å². The Kier molecular flexibility index (Phi) is 2.68. The number of hydrogen-bond donors (Lipinski definition) is 0. The minimum absolute atomic E-state index is 0.389. The molecule has 5 nitrogen and oxygen atoms in total. The molecular weight excluding hydrogens is 216 g/mol. The fraction of sp³-hybridized carbons (Fsp3) is 0. The van der Waals surface area contributed by atoms with Crippen LogP contribution in [0.1, 0.15) is 0 Å². The molecule has 14 heavy (non-hydrogen) atoms. The van der Waals surface area contributed by atoms with Crippen LogP contribution in [-0.2, 0) is 10.0 Å². The summed E-state index contributed by atoms with van der Waals surface area (Å²) >= 11 is 0. The normalized spacial score (nSPS) is 10.7. The summed E-state index contributed by atoms with van der Waals surface area (Å²) < 4.78 is 49.6. The van der Waals surface area contributed by atoms with E-state index in [1.165, 1.54) is 0 Å². The molecule has 0 unspecified atom stereocenters. The van der Waals surface area contributed by atoms with Gasteiger partial charge in [0.1, 0.15) is 16.5 Å². The van der Waals surface area contributed by atoms with Crippen LogP contribution in [0, 0.1) is 11.6 Å². The number of benzene rings is 1. The van der Waals surface area contributed by atoms with Crippen LogP contribution < -0.4 is 0 Å². The van der Waals surface area contributed by atoms with Gasteiger partial charge in [0, 0.05) is 15.5 Å². The molecule has 0 saturated carbocycles. The van der Waals surface area contributed by atoms with E-state index in [4.69, 9.17) is 5.53 Å². The van der Waals surface area contributed by atoms with Crippen LogP contribution in [0.5, 0.6) is 0 Å². The Morgan fingerprint density at radius 2 is 2.00 bits per heavy atom. The second kappa shape index (κ2) is 3.60. The van der Waals surface area contributed by atoms with Crippen LogP contribution in [0.3, 0.4) is 0 Å². The summed E-state index contributed by atoms with van der Waals surface area (Å²) in [7, 11) is -4.39. The van der Waals surface area contributed by atoms with Gasteiger partial charge in [-0.1, -0.05) is 0 Å². The Bertz CT molecular complexity index is 508. The van der Waals surface area contributed by atoms with Crippen LogP contribution >= 0.6 is 0 Å². The van der Waals surface area contributed by atoms with E-state index < -0.39 is 26.6 Å². The van der Waals surface area contributed by atoms with Crippen molar-refractivity contribution in [1.29, 1.82) is 0 Å². The second-order valence-electron chi connectivity index (χ2n) is 2.22. The Balaban J connectivity index is 3.41. The minimum atomic E-state index is -4.39. The molecule has 0 radical (unpaired) electrons. The zero-order valence-corrected chi connectivity index (χ0v) is 7.37.